The van der Waals surface area contributed by atoms with Crippen molar-refractivity contribution >= 4 is 216 Å². The predicted molar refractivity (Wildman–Crippen MR) is 438 cm³/mol. The Morgan fingerprint density at radius 1 is 0.160 bits per heavy atom. The van der Waals surface area contributed by atoms with Gasteiger partial charge in [-0.25, -0.2) is 0 Å². The molecule has 4 aromatic heterocycles. The Bertz CT molecular complexity index is 6400. The van der Waals surface area contributed by atoms with E-state index < -0.39 is 0 Å². The van der Waals surface area contributed by atoms with E-state index in [0.717, 1.165) is 51.2 Å². The number of hydrogen-bond donors (Lipinski definition) is 0. The Labute approximate surface area is 594 Å². The smallest absolute Gasteiger partial charge is 0.0640 e. The fraction of sp³-hybridized carbons (Fsp3) is 0. The van der Waals surface area contributed by atoms with E-state index in [1.165, 1.54) is 119 Å². The summed E-state index contributed by atoms with van der Waals surface area (Å²) in [5, 5.41) is 15.4. The monoisotopic (exact) mass is 1350 g/mol. The molecule has 100 heavy (non-hydrogen) atoms. The van der Waals surface area contributed by atoms with Gasteiger partial charge in [0.2, 0.25) is 0 Å². The standard InChI is InChI=1S/2C46H30N2S2/c1-4-14-32(15-5-1)47(33-16-6-2-7-17-33)36-24-26-38-44(30-36)50-42-22-12-21-40(46(38)42)48(34-18-8-3-9-19-34)35-25-28-41-39(29-35)45-37-20-11-10-13-31(37)23-27-43(45)49-41;1-3-15-33(16-4-1)47(35-26-25-31-13-7-8-14-32(31)29-35)36-27-28-39-44(30-36)49-43-24-12-21-40(45(39)43)48(34-17-5-2-6-18-34)41-22-11-20-38-37-19-9-10-23-42(37)50-46(38)41/h2*1-30H. The Balaban J connectivity index is 0.000000139. The lowest BCUT2D eigenvalue weighted by Crippen LogP contribution is -2.10. The molecule has 16 aromatic carbocycles. The van der Waals surface area contributed by atoms with Crippen LogP contribution in [0.25, 0.3) is 102 Å². The Morgan fingerprint density at radius 2 is 0.540 bits per heavy atom. The van der Waals surface area contributed by atoms with Crippen LogP contribution in [0.2, 0.25) is 0 Å². The van der Waals surface area contributed by atoms with Crippen molar-refractivity contribution in [2.75, 3.05) is 19.6 Å². The fourth-order valence-electron chi connectivity index (χ4n) is 14.8. The quantitative estimate of drug-likeness (QED) is 0.121. The highest BCUT2D eigenvalue weighted by atomic mass is 32.1. The lowest BCUT2D eigenvalue weighted by Gasteiger charge is -2.27. The minimum absolute atomic E-state index is 1.13. The molecule has 20 aromatic rings. The van der Waals surface area contributed by atoms with E-state index in [0.29, 0.717) is 0 Å². The van der Waals surface area contributed by atoms with Crippen molar-refractivity contribution in [1.82, 2.24) is 0 Å². The van der Waals surface area contributed by atoms with Crippen molar-refractivity contribution in [3.63, 3.8) is 0 Å². The minimum atomic E-state index is 1.13. The third kappa shape index (κ3) is 10.5. The molecule has 0 bridgehead atoms. The number of hydrogen-bond acceptors (Lipinski definition) is 8. The molecule has 0 unspecified atom stereocenters. The Morgan fingerprint density at radius 3 is 1.15 bits per heavy atom. The number of benzene rings is 16. The third-order valence-corrected chi connectivity index (χ3v) is 23.8. The van der Waals surface area contributed by atoms with Crippen molar-refractivity contribution in [3.05, 3.63) is 364 Å². The molecular formula is C92H60N4S4. The zero-order valence-electron chi connectivity index (χ0n) is 54.1. The van der Waals surface area contributed by atoms with Gasteiger partial charge >= 0.3 is 0 Å². The van der Waals surface area contributed by atoms with Gasteiger partial charge in [0.1, 0.15) is 0 Å². The van der Waals surface area contributed by atoms with Gasteiger partial charge in [0.25, 0.3) is 0 Å². The van der Waals surface area contributed by atoms with Gasteiger partial charge in [-0.05, 0) is 179 Å². The van der Waals surface area contributed by atoms with Gasteiger partial charge in [-0.15, -0.1) is 45.3 Å². The summed E-state index contributed by atoms with van der Waals surface area (Å²) in [5.74, 6) is 0. The van der Waals surface area contributed by atoms with E-state index in [-0.39, 0.29) is 0 Å². The molecule has 0 saturated heterocycles. The van der Waals surface area contributed by atoms with Gasteiger partial charge in [-0.3, -0.25) is 0 Å². The van der Waals surface area contributed by atoms with Crippen LogP contribution >= 0.6 is 45.3 Å². The normalized spacial score (nSPS) is 11.6. The van der Waals surface area contributed by atoms with E-state index in [9.17, 15) is 0 Å². The molecule has 0 fully saturated rings. The van der Waals surface area contributed by atoms with Gasteiger partial charge in [0.15, 0.2) is 0 Å². The predicted octanol–water partition coefficient (Wildman–Crippen LogP) is 29.0. The maximum atomic E-state index is 2.46. The van der Waals surface area contributed by atoms with Crippen LogP contribution in [0.4, 0.5) is 68.2 Å². The first-order chi connectivity index (χ1) is 49.6. The molecule has 0 radical (unpaired) electrons. The van der Waals surface area contributed by atoms with Crippen molar-refractivity contribution < 1.29 is 0 Å². The summed E-state index contributed by atoms with van der Waals surface area (Å²) in [4.78, 5) is 9.61. The molecule has 0 aliphatic heterocycles. The first kappa shape index (κ1) is 59.4. The SMILES string of the molecule is c1ccc(N(c2ccc3ccccc3c2)c2ccc3c(c2)sc2cccc(N(c4ccccc4)c4cccc5c4sc4ccccc45)c23)cc1.c1ccc(N(c2ccccc2)c2ccc3c(c2)sc2cccc(N(c4ccccc4)c4ccc5sc6ccc7ccccc7c6c5c4)c23)cc1. The van der Waals surface area contributed by atoms with Crippen LogP contribution in [0.3, 0.4) is 0 Å². The number of rotatable bonds is 12. The molecule has 20 rings (SSSR count). The molecule has 0 N–H and O–H groups in total. The van der Waals surface area contributed by atoms with Crippen LogP contribution in [-0.2, 0) is 0 Å². The van der Waals surface area contributed by atoms with E-state index in [1.807, 2.05) is 45.3 Å². The van der Waals surface area contributed by atoms with Gasteiger partial charge in [-0.1, -0.05) is 206 Å². The molecule has 0 aliphatic carbocycles. The van der Waals surface area contributed by atoms with Gasteiger partial charge in [0, 0.05) is 127 Å². The summed E-state index contributed by atoms with van der Waals surface area (Å²) in [6.07, 6.45) is 0. The largest absolute Gasteiger partial charge is 0.310 e. The van der Waals surface area contributed by atoms with E-state index >= 15 is 0 Å². The van der Waals surface area contributed by atoms with E-state index in [2.05, 4.69) is 384 Å². The zero-order valence-corrected chi connectivity index (χ0v) is 57.3. The van der Waals surface area contributed by atoms with Gasteiger partial charge in [-0.2, -0.15) is 0 Å². The number of anilines is 12. The maximum Gasteiger partial charge on any atom is 0.0640 e. The zero-order chi connectivity index (χ0) is 66.0. The molecule has 0 saturated carbocycles. The Hall–Kier alpha value is -11.9. The van der Waals surface area contributed by atoms with Crippen LogP contribution in [-0.4, -0.2) is 0 Å². The summed E-state index contributed by atoms with van der Waals surface area (Å²) in [7, 11) is 0. The molecule has 0 aliphatic rings. The molecule has 0 atom stereocenters. The van der Waals surface area contributed by atoms with Crippen molar-refractivity contribution in [3.8, 4) is 0 Å². The number of thiophene rings is 4. The highest BCUT2D eigenvalue weighted by molar-refractivity contribution is 7.27. The summed E-state index contributed by atoms with van der Waals surface area (Å²) in [6, 6.07) is 132. The maximum absolute atomic E-state index is 2.46. The van der Waals surface area contributed by atoms with Crippen molar-refractivity contribution in [1.29, 1.82) is 0 Å². The average molecular weight is 1350 g/mol. The van der Waals surface area contributed by atoms with E-state index in [1.54, 1.807) is 0 Å². The van der Waals surface area contributed by atoms with Crippen LogP contribution in [0.5, 0.6) is 0 Å². The second kappa shape index (κ2) is 25.2. The molecule has 472 valence electrons. The lowest BCUT2D eigenvalue weighted by atomic mass is 10.0. The second-order valence-electron chi connectivity index (χ2n) is 25.1. The number of fused-ring (bicyclic) bond motifs is 15. The van der Waals surface area contributed by atoms with E-state index in [4.69, 9.17) is 0 Å². The van der Waals surface area contributed by atoms with Crippen molar-refractivity contribution in [2.24, 2.45) is 0 Å². The highest BCUT2D eigenvalue weighted by Crippen LogP contribution is 2.52. The third-order valence-electron chi connectivity index (χ3n) is 19.2. The minimum Gasteiger partial charge on any atom is -0.310 e. The lowest BCUT2D eigenvalue weighted by molar-refractivity contribution is 1.29. The second-order valence-corrected chi connectivity index (χ2v) is 29.4. The molecular weight excluding hydrogens is 1290 g/mol. The molecule has 4 nitrogen and oxygen atoms in total. The van der Waals surface area contributed by atoms with Crippen LogP contribution in [0.15, 0.2) is 364 Å². The highest BCUT2D eigenvalue weighted by Gasteiger charge is 2.25. The summed E-state index contributed by atoms with van der Waals surface area (Å²) < 4.78 is 10.3. The molecule has 0 amide bonds. The summed E-state index contributed by atoms with van der Waals surface area (Å²) in [6.45, 7) is 0. The number of nitrogens with zero attached hydrogens (tertiary/aromatic N) is 4. The molecule has 4 heterocycles. The van der Waals surface area contributed by atoms with Crippen LogP contribution in [0, 0.1) is 0 Å². The van der Waals surface area contributed by atoms with Crippen LogP contribution in [0.1, 0.15) is 0 Å². The topological polar surface area (TPSA) is 13.0 Å². The molecule has 0 spiro atoms. The van der Waals surface area contributed by atoms with Gasteiger partial charge < -0.3 is 19.6 Å². The first-order valence-electron chi connectivity index (χ1n) is 33.7. The Kier molecular flexibility index (Phi) is 15.0. The van der Waals surface area contributed by atoms with Crippen LogP contribution < -0.4 is 19.6 Å². The summed E-state index contributed by atoms with van der Waals surface area (Å²) in [5.41, 5.74) is 13.8. The summed E-state index contributed by atoms with van der Waals surface area (Å²) >= 11 is 7.47. The molecule has 8 heteroatoms. The number of para-hydroxylation sites is 5. The average Bonchev–Trinajstić information content (AvgIpc) is 1.57. The first-order valence-corrected chi connectivity index (χ1v) is 37.0. The van der Waals surface area contributed by atoms with Crippen molar-refractivity contribution in [2.45, 2.75) is 0 Å². The van der Waals surface area contributed by atoms with Gasteiger partial charge in [0.05, 0.1) is 21.8 Å². The fourth-order valence-corrected chi connectivity index (χ4v) is 19.4.